The van der Waals surface area contributed by atoms with E-state index >= 15 is 0 Å². The van der Waals surface area contributed by atoms with Crippen LogP contribution in [0.1, 0.15) is 25.0 Å². The number of hydrogen-bond acceptors (Lipinski definition) is 2. The first-order valence-corrected chi connectivity index (χ1v) is 6.74. The zero-order chi connectivity index (χ0) is 15.1. The summed E-state index contributed by atoms with van der Waals surface area (Å²) in [6, 6.07) is 5.93. The van der Waals surface area contributed by atoms with Crippen LogP contribution in [0.25, 0.3) is 0 Å². The zero-order valence-electron chi connectivity index (χ0n) is 12.4. The monoisotopic (exact) mass is 274 g/mol. The Labute approximate surface area is 120 Å². The Bertz CT molecular complexity index is 509. The second-order valence-electron chi connectivity index (χ2n) is 4.70. The van der Waals surface area contributed by atoms with E-state index in [9.17, 15) is 9.59 Å². The van der Waals surface area contributed by atoms with Gasteiger partial charge in [-0.25, -0.2) is 0 Å². The molecular formula is C16H22N2O2. The number of carbonyl (C=O) groups is 2. The van der Waals surface area contributed by atoms with Crippen LogP contribution in [0, 0.1) is 6.92 Å². The van der Waals surface area contributed by atoms with E-state index in [1.807, 2.05) is 32.0 Å². The summed E-state index contributed by atoms with van der Waals surface area (Å²) < 4.78 is 0. The molecule has 2 amide bonds. The number of rotatable bonds is 6. The van der Waals surface area contributed by atoms with Crippen molar-refractivity contribution in [2.45, 2.75) is 27.2 Å². The summed E-state index contributed by atoms with van der Waals surface area (Å²) in [7, 11) is 0. The van der Waals surface area contributed by atoms with Crippen molar-refractivity contribution >= 4 is 17.5 Å². The van der Waals surface area contributed by atoms with Gasteiger partial charge in [-0.1, -0.05) is 31.2 Å². The normalized spacial score (nSPS) is 9.95. The molecule has 0 aliphatic carbocycles. The van der Waals surface area contributed by atoms with Gasteiger partial charge in [0.25, 0.3) is 0 Å². The van der Waals surface area contributed by atoms with Gasteiger partial charge in [0.2, 0.25) is 11.8 Å². The molecule has 20 heavy (non-hydrogen) atoms. The summed E-state index contributed by atoms with van der Waals surface area (Å²) in [6.07, 6.45) is 2.46. The number of amides is 2. The summed E-state index contributed by atoms with van der Waals surface area (Å²) in [4.78, 5) is 24.9. The lowest BCUT2D eigenvalue weighted by Crippen LogP contribution is -2.36. The first-order valence-electron chi connectivity index (χ1n) is 6.74. The van der Waals surface area contributed by atoms with Gasteiger partial charge < -0.3 is 10.2 Å². The number of aryl methyl sites for hydroxylation is 2. The molecule has 0 heterocycles. The molecule has 1 N–H and O–H groups in total. The average Bonchev–Trinajstić information content (AvgIpc) is 2.40. The van der Waals surface area contributed by atoms with Crippen LogP contribution in [-0.2, 0) is 16.0 Å². The minimum atomic E-state index is -0.189. The van der Waals surface area contributed by atoms with Crippen LogP contribution >= 0.6 is 0 Å². The van der Waals surface area contributed by atoms with Crippen LogP contribution in [0.4, 0.5) is 5.69 Å². The van der Waals surface area contributed by atoms with Gasteiger partial charge in [0.05, 0.1) is 0 Å². The molecule has 0 atom stereocenters. The third-order valence-electron chi connectivity index (χ3n) is 3.13. The molecule has 0 aliphatic heterocycles. The predicted molar refractivity (Wildman–Crippen MR) is 81.6 cm³/mol. The number of nitrogens with zero attached hydrogens (tertiary/aromatic N) is 1. The number of hydrogen-bond donors (Lipinski definition) is 1. The molecule has 0 bridgehead atoms. The topological polar surface area (TPSA) is 49.4 Å². The second kappa shape index (κ2) is 7.48. The lowest BCUT2D eigenvalue weighted by molar-refractivity contribution is -0.132. The van der Waals surface area contributed by atoms with Crippen molar-refractivity contribution in [1.29, 1.82) is 0 Å². The summed E-state index contributed by atoms with van der Waals surface area (Å²) >= 11 is 0. The van der Waals surface area contributed by atoms with E-state index in [-0.39, 0.29) is 18.4 Å². The Morgan fingerprint density at radius 2 is 2.10 bits per heavy atom. The molecule has 0 aliphatic rings. The molecule has 4 nitrogen and oxygen atoms in total. The first-order chi connectivity index (χ1) is 9.49. The number of anilines is 1. The fraction of sp³-hybridized carbons (Fsp3) is 0.375. The average molecular weight is 274 g/mol. The summed E-state index contributed by atoms with van der Waals surface area (Å²) in [5.41, 5.74) is 2.97. The van der Waals surface area contributed by atoms with Gasteiger partial charge >= 0.3 is 0 Å². The lowest BCUT2D eigenvalue weighted by Gasteiger charge is -2.20. The number of nitrogens with one attached hydrogen (secondary N) is 1. The molecule has 1 rings (SSSR count). The van der Waals surface area contributed by atoms with E-state index in [1.54, 1.807) is 6.08 Å². The number of benzene rings is 1. The molecule has 4 heteroatoms. The van der Waals surface area contributed by atoms with Gasteiger partial charge in [0.1, 0.15) is 6.54 Å². The SMILES string of the molecule is C=CCN(CC(=O)Nc1c(C)cccc1CC)C(C)=O. The molecule has 0 spiro atoms. The van der Waals surface area contributed by atoms with Gasteiger partial charge in [-0.15, -0.1) is 6.58 Å². The second-order valence-corrected chi connectivity index (χ2v) is 4.70. The number of carbonyl (C=O) groups excluding carboxylic acids is 2. The van der Waals surface area contributed by atoms with Crippen molar-refractivity contribution in [2.24, 2.45) is 0 Å². The van der Waals surface area contributed by atoms with Crippen molar-refractivity contribution in [3.05, 3.63) is 42.0 Å². The van der Waals surface area contributed by atoms with E-state index in [0.29, 0.717) is 6.54 Å². The van der Waals surface area contributed by atoms with Crippen LogP contribution in [0.2, 0.25) is 0 Å². The van der Waals surface area contributed by atoms with Gasteiger partial charge in [-0.2, -0.15) is 0 Å². The summed E-state index contributed by atoms with van der Waals surface area (Å²) in [5, 5.41) is 2.91. The van der Waals surface area contributed by atoms with E-state index in [1.165, 1.54) is 11.8 Å². The smallest absolute Gasteiger partial charge is 0.244 e. The fourth-order valence-corrected chi connectivity index (χ4v) is 2.01. The lowest BCUT2D eigenvalue weighted by atomic mass is 10.1. The van der Waals surface area contributed by atoms with Crippen molar-refractivity contribution in [3.8, 4) is 0 Å². The minimum absolute atomic E-state index is 0.0405. The Balaban J connectivity index is 2.80. The van der Waals surface area contributed by atoms with Crippen LogP contribution in [0.5, 0.6) is 0 Å². The Kier molecular flexibility index (Phi) is 5.97. The molecular weight excluding hydrogens is 252 g/mol. The third kappa shape index (κ3) is 4.23. The van der Waals surface area contributed by atoms with Crippen molar-refractivity contribution in [3.63, 3.8) is 0 Å². The van der Waals surface area contributed by atoms with Crippen LogP contribution in [0.15, 0.2) is 30.9 Å². The highest BCUT2D eigenvalue weighted by atomic mass is 16.2. The fourth-order valence-electron chi connectivity index (χ4n) is 2.01. The van der Waals surface area contributed by atoms with Gasteiger partial charge in [-0.3, -0.25) is 9.59 Å². The van der Waals surface area contributed by atoms with E-state index < -0.39 is 0 Å². The molecule has 0 radical (unpaired) electrons. The maximum Gasteiger partial charge on any atom is 0.244 e. The predicted octanol–water partition coefficient (Wildman–Crippen LogP) is 2.53. The Hall–Kier alpha value is -2.10. The van der Waals surface area contributed by atoms with Gasteiger partial charge in [-0.05, 0) is 24.5 Å². The molecule has 1 aromatic carbocycles. The van der Waals surface area contributed by atoms with E-state index in [4.69, 9.17) is 0 Å². The molecule has 0 fully saturated rings. The molecule has 1 aromatic rings. The highest BCUT2D eigenvalue weighted by Gasteiger charge is 2.14. The highest BCUT2D eigenvalue weighted by molar-refractivity contribution is 5.95. The highest BCUT2D eigenvalue weighted by Crippen LogP contribution is 2.20. The van der Waals surface area contributed by atoms with Crippen LogP contribution in [-0.4, -0.2) is 29.8 Å². The van der Waals surface area contributed by atoms with E-state index in [0.717, 1.165) is 23.2 Å². The van der Waals surface area contributed by atoms with Crippen molar-refractivity contribution < 1.29 is 9.59 Å². The maximum absolute atomic E-state index is 12.1. The van der Waals surface area contributed by atoms with Crippen LogP contribution in [0.3, 0.4) is 0 Å². The van der Waals surface area contributed by atoms with Gasteiger partial charge in [0, 0.05) is 19.2 Å². The zero-order valence-corrected chi connectivity index (χ0v) is 12.4. The first kappa shape index (κ1) is 16.0. The summed E-state index contributed by atoms with van der Waals surface area (Å²) in [6.45, 7) is 9.45. The molecule has 0 unspecified atom stereocenters. The minimum Gasteiger partial charge on any atom is -0.330 e. The quantitative estimate of drug-likeness (QED) is 0.810. The molecule has 0 saturated carbocycles. The maximum atomic E-state index is 12.1. The van der Waals surface area contributed by atoms with E-state index in [2.05, 4.69) is 11.9 Å². The molecule has 0 aromatic heterocycles. The standard InChI is InChI=1S/C16H22N2O2/c1-5-10-18(13(4)19)11-15(20)17-16-12(3)8-7-9-14(16)6-2/h5,7-9H,1,6,10-11H2,2-4H3,(H,17,20). The summed E-state index contributed by atoms with van der Waals surface area (Å²) in [5.74, 6) is -0.327. The van der Waals surface area contributed by atoms with Crippen molar-refractivity contribution in [2.75, 3.05) is 18.4 Å². The number of para-hydroxylation sites is 1. The van der Waals surface area contributed by atoms with Crippen molar-refractivity contribution in [1.82, 2.24) is 4.90 Å². The Morgan fingerprint density at radius 1 is 1.40 bits per heavy atom. The Morgan fingerprint density at radius 3 is 2.65 bits per heavy atom. The van der Waals surface area contributed by atoms with Crippen LogP contribution < -0.4 is 5.32 Å². The molecule has 0 saturated heterocycles. The largest absolute Gasteiger partial charge is 0.330 e. The molecule has 108 valence electrons. The van der Waals surface area contributed by atoms with Gasteiger partial charge in [0.15, 0.2) is 0 Å². The third-order valence-corrected chi connectivity index (χ3v) is 3.13.